The summed E-state index contributed by atoms with van der Waals surface area (Å²) < 4.78 is 0. The molecule has 1 aromatic heterocycles. The van der Waals surface area contributed by atoms with Gasteiger partial charge in [-0.25, -0.2) is 4.98 Å². The Kier molecular flexibility index (Phi) is 3.08. The zero-order valence-electron chi connectivity index (χ0n) is 7.18. The Morgan fingerprint density at radius 2 is 2.33 bits per heavy atom. The Balaban J connectivity index is 3.18. The molecule has 0 saturated heterocycles. The van der Waals surface area contributed by atoms with Crippen molar-refractivity contribution in [1.29, 1.82) is 0 Å². The minimum Gasteiger partial charge on any atom is -0.354 e. The van der Waals surface area contributed by atoms with Crippen LogP contribution in [0.5, 0.6) is 0 Å². The van der Waals surface area contributed by atoms with E-state index in [1.54, 1.807) is 0 Å². The second-order valence-electron chi connectivity index (χ2n) is 2.43. The molecule has 1 rings (SSSR count). The van der Waals surface area contributed by atoms with Crippen LogP contribution in [-0.2, 0) is 0 Å². The third-order valence-electron chi connectivity index (χ3n) is 1.42. The second kappa shape index (κ2) is 4.09. The largest absolute Gasteiger partial charge is 0.354 e. The Morgan fingerprint density at radius 1 is 1.58 bits per heavy atom. The summed E-state index contributed by atoms with van der Waals surface area (Å²) in [5.41, 5.74) is 2.06. The maximum absolute atomic E-state index is 4.18. The summed E-state index contributed by atoms with van der Waals surface area (Å²) in [7, 11) is 2.41. The summed E-state index contributed by atoms with van der Waals surface area (Å²) in [5.74, 6) is 6.63. The number of rotatable bonds is 1. The maximum Gasteiger partial charge on any atom is 0.144 e. The molecule has 3 heteroatoms. The van der Waals surface area contributed by atoms with Crippen molar-refractivity contribution in [3.8, 4) is 11.8 Å². The van der Waals surface area contributed by atoms with Gasteiger partial charge in [0.25, 0.3) is 0 Å². The first kappa shape index (κ1) is 9.03. The van der Waals surface area contributed by atoms with E-state index in [2.05, 4.69) is 31.3 Å². The molecule has 0 spiro atoms. The van der Waals surface area contributed by atoms with Gasteiger partial charge in [0.05, 0.1) is 5.56 Å². The van der Waals surface area contributed by atoms with Crippen molar-refractivity contribution >= 4 is 15.2 Å². The van der Waals surface area contributed by atoms with E-state index in [4.69, 9.17) is 0 Å². The van der Waals surface area contributed by atoms with Crippen LogP contribution in [0.4, 0.5) is 5.82 Å². The molecule has 1 atom stereocenters. The van der Waals surface area contributed by atoms with E-state index in [0.717, 1.165) is 16.9 Å². The summed E-state index contributed by atoms with van der Waals surface area (Å²) in [6.07, 6.45) is 1.81. The summed E-state index contributed by atoms with van der Waals surface area (Å²) in [5, 5.41) is 2.91. The molecule has 0 amide bonds. The third kappa shape index (κ3) is 1.96. The van der Waals surface area contributed by atoms with Crippen LogP contribution in [-0.4, -0.2) is 4.98 Å². The smallest absolute Gasteiger partial charge is 0.144 e. The van der Waals surface area contributed by atoms with Gasteiger partial charge >= 0.3 is 0 Å². The highest BCUT2D eigenvalue weighted by Gasteiger charge is 1.98. The van der Waals surface area contributed by atoms with Gasteiger partial charge in [0.15, 0.2) is 0 Å². The van der Waals surface area contributed by atoms with E-state index >= 15 is 0 Å². The van der Waals surface area contributed by atoms with Gasteiger partial charge in [-0.15, -0.1) is 5.92 Å². The van der Waals surface area contributed by atoms with Crippen LogP contribution < -0.4 is 5.09 Å². The lowest BCUT2D eigenvalue weighted by molar-refractivity contribution is 1.26. The molecule has 0 saturated carbocycles. The molecule has 1 heterocycles. The van der Waals surface area contributed by atoms with Crippen molar-refractivity contribution in [2.75, 3.05) is 5.09 Å². The Morgan fingerprint density at radius 3 is 2.92 bits per heavy atom. The van der Waals surface area contributed by atoms with Crippen LogP contribution in [0.25, 0.3) is 0 Å². The molecule has 1 aromatic rings. The summed E-state index contributed by atoms with van der Waals surface area (Å²) in [6, 6.07) is 2.01. The quantitative estimate of drug-likeness (QED) is 0.525. The third-order valence-corrected chi connectivity index (χ3v) is 1.69. The molecular weight excluding hydrogens is 167 g/mol. The first-order chi connectivity index (χ1) is 5.77. The lowest BCUT2D eigenvalue weighted by atomic mass is 10.2. The standard InChI is InChI=1S/C9H11N2P/c1-3-4-8-5-7(2)6-10-9(8)11-12/h5-6H,12H2,1-2H3,(H,10,11). The minimum atomic E-state index is 0.806. The fourth-order valence-electron chi connectivity index (χ4n) is 0.914. The van der Waals surface area contributed by atoms with Crippen LogP contribution in [0, 0.1) is 18.8 Å². The van der Waals surface area contributed by atoms with Crippen molar-refractivity contribution in [2.45, 2.75) is 13.8 Å². The van der Waals surface area contributed by atoms with Crippen LogP contribution in [0.15, 0.2) is 12.3 Å². The fourth-order valence-corrected chi connectivity index (χ4v) is 1.14. The minimum absolute atomic E-state index is 0.806. The van der Waals surface area contributed by atoms with E-state index in [0.29, 0.717) is 0 Å². The van der Waals surface area contributed by atoms with Gasteiger partial charge in [-0.1, -0.05) is 5.92 Å². The second-order valence-corrected chi connectivity index (χ2v) is 2.72. The van der Waals surface area contributed by atoms with E-state index < -0.39 is 0 Å². The number of nitrogens with zero attached hydrogens (tertiary/aromatic N) is 1. The van der Waals surface area contributed by atoms with Crippen LogP contribution in [0.3, 0.4) is 0 Å². The predicted octanol–water partition coefficient (Wildman–Crippen LogP) is 1.96. The van der Waals surface area contributed by atoms with E-state index in [9.17, 15) is 0 Å². The van der Waals surface area contributed by atoms with Crippen molar-refractivity contribution in [2.24, 2.45) is 0 Å². The van der Waals surface area contributed by atoms with Gasteiger partial charge in [-0.2, -0.15) is 0 Å². The number of hydrogen-bond donors (Lipinski definition) is 1. The van der Waals surface area contributed by atoms with Crippen LogP contribution in [0.2, 0.25) is 0 Å². The number of aromatic nitrogens is 1. The van der Waals surface area contributed by atoms with Crippen molar-refractivity contribution < 1.29 is 0 Å². The van der Waals surface area contributed by atoms with Gasteiger partial charge in [0, 0.05) is 6.20 Å². The Hall–Kier alpha value is -1.06. The molecule has 1 unspecified atom stereocenters. The molecule has 62 valence electrons. The highest BCUT2D eigenvalue weighted by Crippen LogP contribution is 2.13. The Bertz CT molecular complexity index is 336. The van der Waals surface area contributed by atoms with Gasteiger partial charge < -0.3 is 5.09 Å². The fraction of sp³-hybridized carbons (Fsp3) is 0.222. The number of aryl methyl sites for hydroxylation is 1. The lowest BCUT2D eigenvalue weighted by Gasteiger charge is -2.02. The average molecular weight is 178 g/mol. The normalized spacial score (nSPS) is 8.58. The summed E-state index contributed by atoms with van der Waals surface area (Å²) in [4.78, 5) is 4.18. The first-order valence-corrected chi connectivity index (χ1v) is 4.21. The van der Waals surface area contributed by atoms with E-state index in [-0.39, 0.29) is 0 Å². The number of pyridine rings is 1. The van der Waals surface area contributed by atoms with Crippen LogP contribution >= 0.6 is 9.39 Å². The molecule has 12 heavy (non-hydrogen) atoms. The monoisotopic (exact) mass is 178 g/mol. The van der Waals surface area contributed by atoms with Crippen molar-refractivity contribution in [1.82, 2.24) is 4.98 Å². The highest BCUT2D eigenvalue weighted by atomic mass is 31.0. The predicted molar refractivity (Wildman–Crippen MR) is 54.9 cm³/mol. The van der Waals surface area contributed by atoms with Gasteiger partial charge in [0.2, 0.25) is 0 Å². The molecule has 1 N–H and O–H groups in total. The number of hydrogen-bond acceptors (Lipinski definition) is 2. The lowest BCUT2D eigenvalue weighted by Crippen LogP contribution is -1.91. The molecule has 0 radical (unpaired) electrons. The summed E-state index contributed by atoms with van der Waals surface area (Å²) >= 11 is 0. The molecule has 0 bridgehead atoms. The topological polar surface area (TPSA) is 24.9 Å². The zero-order valence-corrected chi connectivity index (χ0v) is 8.33. The van der Waals surface area contributed by atoms with Gasteiger partial charge in [0.1, 0.15) is 5.82 Å². The van der Waals surface area contributed by atoms with E-state index in [1.807, 2.05) is 26.1 Å². The number of nitrogens with one attached hydrogen (secondary N) is 1. The molecule has 0 aliphatic rings. The van der Waals surface area contributed by atoms with Gasteiger partial charge in [-0.3, -0.25) is 0 Å². The van der Waals surface area contributed by atoms with Crippen LogP contribution in [0.1, 0.15) is 18.1 Å². The SMILES string of the molecule is CC#Cc1cc(C)cnc1NP. The van der Waals surface area contributed by atoms with E-state index in [1.165, 1.54) is 0 Å². The average Bonchev–Trinajstić information content (AvgIpc) is 2.05. The molecular formula is C9H11N2P. The molecule has 0 fully saturated rings. The molecule has 0 aliphatic carbocycles. The Labute approximate surface area is 75.0 Å². The van der Waals surface area contributed by atoms with Gasteiger partial charge in [-0.05, 0) is 34.9 Å². The maximum atomic E-state index is 4.18. The molecule has 0 aromatic carbocycles. The van der Waals surface area contributed by atoms with Crippen molar-refractivity contribution in [3.63, 3.8) is 0 Å². The number of anilines is 1. The van der Waals surface area contributed by atoms with Crippen molar-refractivity contribution in [3.05, 3.63) is 23.4 Å². The molecule has 2 nitrogen and oxygen atoms in total. The first-order valence-electron chi connectivity index (χ1n) is 3.64. The molecule has 0 aliphatic heterocycles. The zero-order chi connectivity index (χ0) is 8.97. The summed E-state index contributed by atoms with van der Waals surface area (Å²) in [6.45, 7) is 3.81. The highest BCUT2D eigenvalue weighted by molar-refractivity contribution is 7.18.